The summed E-state index contributed by atoms with van der Waals surface area (Å²) in [5.41, 5.74) is 1.64. The van der Waals surface area contributed by atoms with Gasteiger partial charge in [-0.3, -0.25) is 9.59 Å². The standard InChI is InChI=1S/C15H18N2O3/c18-14-7-12(11-3-1-2-4-13(11)17-14)15(19)16-8-10-5-6-20-9-10/h1-4,10,12H,5-9H2,(H,16,19)(H,17,18)/t10-,12+/m0/s1. The lowest BCUT2D eigenvalue weighted by atomic mass is 9.89. The molecule has 1 aromatic carbocycles. The van der Waals surface area contributed by atoms with Crippen LogP contribution in [0.25, 0.3) is 0 Å². The molecule has 5 heteroatoms. The van der Waals surface area contributed by atoms with Crippen molar-refractivity contribution in [3.05, 3.63) is 29.8 Å². The number of hydrogen-bond donors (Lipinski definition) is 2. The smallest absolute Gasteiger partial charge is 0.228 e. The number of amides is 2. The number of carbonyl (C=O) groups excluding carboxylic acids is 2. The fraction of sp³-hybridized carbons (Fsp3) is 0.467. The number of ether oxygens (including phenoxy) is 1. The SMILES string of the molecule is O=C1C[C@@H](C(=O)NC[C@@H]2CCOC2)c2ccccc2N1. The lowest BCUT2D eigenvalue weighted by molar-refractivity contribution is -0.126. The van der Waals surface area contributed by atoms with Gasteiger partial charge in [0.05, 0.1) is 12.5 Å². The van der Waals surface area contributed by atoms with Gasteiger partial charge in [0.25, 0.3) is 0 Å². The van der Waals surface area contributed by atoms with E-state index in [4.69, 9.17) is 4.74 Å². The molecule has 5 nitrogen and oxygen atoms in total. The second-order valence-corrected chi connectivity index (χ2v) is 5.37. The highest BCUT2D eigenvalue weighted by Crippen LogP contribution is 2.32. The normalized spacial score (nSPS) is 24.9. The maximum Gasteiger partial charge on any atom is 0.228 e. The number of rotatable bonds is 3. The van der Waals surface area contributed by atoms with Crippen molar-refractivity contribution in [1.29, 1.82) is 0 Å². The third-order valence-electron chi connectivity index (χ3n) is 3.91. The minimum absolute atomic E-state index is 0.0702. The average molecular weight is 274 g/mol. The summed E-state index contributed by atoms with van der Waals surface area (Å²) in [6, 6.07) is 7.48. The molecule has 0 radical (unpaired) electrons. The van der Waals surface area contributed by atoms with Gasteiger partial charge in [0.1, 0.15) is 0 Å². The lowest BCUT2D eigenvalue weighted by Crippen LogP contribution is -2.37. The zero-order chi connectivity index (χ0) is 13.9. The molecule has 1 saturated heterocycles. The largest absolute Gasteiger partial charge is 0.381 e. The van der Waals surface area contributed by atoms with Crippen molar-refractivity contribution in [3.8, 4) is 0 Å². The van der Waals surface area contributed by atoms with Crippen molar-refractivity contribution in [2.24, 2.45) is 5.92 Å². The Kier molecular flexibility index (Phi) is 3.69. The number of carbonyl (C=O) groups is 2. The molecule has 2 amide bonds. The third-order valence-corrected chi connectivity index (χ3v) is 3.91. The molecule has 2 N–H and O–H groups in total. The number of fused-ring (bicyclic) bond motifs is 1. The number of hydrogen-bond acceptors (Lipinski definition) is 3. The van der Waals surface area contributed by atoms with Gasteiger partial charge < -0.3 is 15.4 Å². The first kappa shape index (κ1) is 13.1. The van der Waals surface area contributed by atoms with Gasteiger partial charge in [-0.1, -0.05) is 18.2 Å². The first-order chi connectivity index (χ1) is 9.74. The molecule has 0 bridgehead atoms. The third kappa shape index (κ3) is 2.67. The molecule has 0 unspecified atom stereocenters. The van der Waals surface area contributed by atoms with E-state index in [1.165, 1.54) is 0 Å². The molecule has 20 heavy (non-hydrogen) atoms. The Morgan fingerprint density at radius 1 is 1.40 bits per heavy atom. The van der Waals surface area contributed by atoms with Gasteiger partial charge >= 0.3 is 0 Å². The van der Waals surface area contributed by atoms with Crippen molar-refractivity contribution in [2.45, 2.75) is 18.8 Å². The van der Waals surface area contributed by atoms with Gasteiger partial charge in [-0.2, -0.15) is 0 Å². The van der Waals surface area contributed by atoms with Gasteiger partial charge in [0.2, 0.25) is 11.8 Å². The maximum absolute atomic E-state index is 12.3. The van der Waals surface area contributed by atoms with Crippen LogP contribution in [0.2, 0.25) is 0 Å². The molecule has 0 saturated carbocycles. The molecule has 0 spiro atoms. The summed E-state index contributed by atoms with van der Waals surface area (Å²) in [6.45, 7) is 2.11. The van der Waals surface area contributed by atoms with Gasteiger partial charge in [-0.05, 0) is 18.1 Å². The van der Waals surface area contributed by atoms with E-state index < -0.39 is 0 Å². The van der Waals surface area contributed by atoms with Crippen LogP contribution < -0.4 is 10.6 Å². The molecule has 106 valence electrons. The molecular weight excluding hydrogens is 256 g/mol. The van der Waals surface area contributed by atoms with Crippen LogP contribution >= 0.6 is 0 Å². The predicted molar refractivity (Wildman–Crippen MR) is 74.4 cm³/mol. The van der Waals surface area contributed by atoms with Crippen molar-refractivity contribution in [1.82, 2.24) is 5.32 Å². The van der Waals surface area contributed by atoms with Crippen molar-refractivity contribution in [3.63, 3.8) is 0 Å². The zero-order valence-corrected chi connectivity index (χ0v) is 11.2. The van der Waals surface area contributed by atoms with E-state index in [0.29, 0.717) is 19.1 Å². The van der Waals surface area contributed by atoms with Crippen LogP contribution in [0.5, 0.6) is 0 Å². The van der Waals surface area contributed by atoms with Gasteiger partial charge in [-0.15, -0.1) is 0 Å². The molecule has 0 aromatic heterocycles. The van der Waals surface area contributed by atoms with Gasteiger partial charge in [0, 0.05) is 31.2 Å². The van der Waals surface area contributed by atoms with Gasteiger partial charge in [-0.25, -0.2) is 0 Å². The molecule has 3 rings (SSSR count). The van der Waals surface area contributed by atoms with E-state index in [1.807, 2.05) is 24.3 Å². The number of nitrogens with one attached hydrogen (secondary N) is 2. The molecular formula is C15H18N2O3. The summed E-state index contributed by atoms with van der Waals surface area (Å²) in [5.74, 6) is -0.166. The minimum Gasteiger partial charge on any atom is -0.381 e. The Balaban J connectivity index is 1.69. The Morgan fingerprint density at radius 3 is 3.05 bits per heavy atom. The monoisotopic (exact) mass is 274 g/mol. The van der Waals surface area contributed by atoms with Gasteiger partial charge in [0.15, 0.2) is 0 Å². The topological polar surface area (TPSA) is 67.4 Å². The summed E-state index contributed by atoms with van der Waals surface area (Å²) >= 11 is 0. The maximum atomic E-state index is 12.3. The molecule has 2 heterocycles. The summed E-state index contributed by atoms with van der Waals surface area (Å²) in [6.07, 6.45) is 1.20. The van der Waals surface area contributed by atoms with E-state index in [9.17, 15) is 9.59 Å². The van der Waals surface area contributed by atoms with E-state index in [2.05, 4.69) is 10.6 Å². The average Bonchev–Trinajstić information content (AvgIpc) is 2.97. The van der Waals surface area contributed by atoms with E-state index >= 15 is 0 Å². The van der Waals surface area contributed by atoms with Crippen molar-refractivity contribution < 1.29 is 14.3 Å². The second kappa shape index (κ2) is 5.63. The van der Waals surface area contributed by atoms with Crippen LogP contribution in [-0.4, -0.2) is 31.6 Å². The summed E-state index contributed by atoms with van der Waals surface area (Å²) in [5, 5.41) is 5.76. The van der Waals surface area contributed by atoms with E-state index in [-0.39, 0.29) is 24.2 Å². The first-order valence-corrected chi connectivity index (χ1v) is 6.98. The highest BCUT2D eigenvalue weighted by molar-refractivity contribution is 6.01. The fourth-order valence-electron chi connectivity index (χ4n) is 2.76. The molecule has 1 fully saturated rings. The second-order valence-electron chi connectivity index (χ2n) is 5.37. The van der Waals surface area contributed by atoms with E-state index in [0.717, 1.165) is 24.3 Å². The van der Waals surface area contributed by atoms with Crippen molar-refractivity contribution in [2.75, 3.05) is 25.1 Å². The van der Waals surface area contributed by atoms with Crippen LogP contribution in [0.3, 0.4) is 0 Å². The summed E-state index contributed by atoms with van der Waals surface area (Å²) in [7, 11) is 0. The Labute approximate surface area is 117 Å². The highest BCUT2D eigenvalue weighted by atomic mass is 16.5. The summed E-state index contributed by atoms with van der Waals surface area (Å²) < 4.78 is 5.29. The molecule has 0 aliphatic carbocycles. The number of benzene rings is 1. The van der Waals surface area contributed by atoms with Crippen molar-refractivity contribution >= 4 is 17.5 Å². The molecule has 1 aromatic rings. The van der Waals surface area contributed by atoms with Crippen LogP contribution in [0.1, 0.15) is 24.3 Å². The van der Waals surface area contributed by atoms with Crippen LogP contribution in [-0.2, 0) is 14.3 Å². The van der Waals surface area contributed by atoms with E-state index in [1.54, 1.807) is 0 Å². The Hall–Kier alpha value is -1.88. The lowest BCUT2D eigenvalue weighted by Gasteiger charge is -2.25. The quantitative estimate of drug-likeness (QED) is 0.872. The molecule has 2 atom stereocenters. The number of anilines is 1. The number of para-hydroxylation sites is 1. The van der Waals surface area contributed by atoms with Crippen LogP contribution in [0.4, 0.5) is 5.69 Å². The molecule has 2 aliphatic rings. The zero-order valence-electron chi connectivity index (χ0n) is 11.2. The molecule has 2 aliphatic heterocycles. The van der Waals surface area contributed by atoms with Crippen LogP contribution in [0, 0.1) is 5.92 Å². The predicted octanol–water partition coefficient (Wildman–Crippen LogP) is 1.27. The Bertz CT molecular complexity index is 524. The Morgan fingerprint density at radius 2 is 2.25 bits per heavy atom. The highest BCUT2D eigenvalue weighted by Gasteiger charge is 2.30. The fourth-order valence-corrected chi connectivity index (χ4v) is 2.76. The van der Waals surface area contributed by atoms with Crippen LogP contribution in [0.15, 0.2) is 24.3 Å². The summed E-state index contributed by atoms with van der Waals surface area (Å²) in [4.78, 5) is 24.0. The first-order valence-electron chi connectivity index (χ1n) is 6.98. The minimum atomic E-state index is -0.387.